The van der Waals surface area contributed by atoms with Crippen LogP contribution in [0, 0.1) is 5.82 Å². The molecule has 0 aliphatic heterocycles. The Morgan fingerprint density at radius 2 is 1.91 bits per heavy atom. The van der Waals surface area contributed by atoms with Crippen molar-refractivity contribution in [2.75, 3.05) is 10.6 Å². The van der Waals surface area contributed by atoms with E-state index in [1.807, 2.05) is 13.8 Å². The van der Waals surface area contributed by atoms with Crippen LogP contribution >= 0.6 is 0 Å². The summed E-state index contributed by atoms with van der Waals surface area (Å²) in [5.74, 6) is -0.281. The van der Waals surface area contributed by atoms with Crippen LogP contribution in [0.1, 0.15) is 20.8 Å². The highest BCUT2D eigenvalue weighted by Gasteiger charge is 2.14. The van der Waals surface area contributed by atoms with Crippen molar-refractivity contribution in [3.63, 3.8) is 0 Å². The molecule has 1 aromatic carbocycles. The molecule has 0 spiro atoms. The number of benzene rings is 1. The summed E-state index contributed by atoms with van der Waals surface area (Å²) < 4.78 is 19.0. The van der Waals surface area contributed by atoms with Crippen LogP contribution in [0.4, 0.5) is 15.8 Å². The molecule has 1 heterocycles. The summed E-state index contributed by atoms with van der Waals surface area (Å²) in [6, 6.07) is 8.99. The van der Waals surface area contributed by atoms with Crippen LogP contribution < -0.4 is 15.4 Å². The van der Waals surface area contributed by atoms with Gasteiger partial charge in [-0.3, -0.25) is 4.79 Å². The monoisotopic (exact) mass is 317 g/mol. The number of hydrogen-bond acceptors (Lipinski definition) is 4. The minimum Gasteiger partial charge on any atom is -0.475 e. The number of nitrogens with one attached hydrogen (secondary N) is 2. The van der Waals surface area contributed by atoms with Gasteiger partial charge < -0.3 is 15.4 Å². The molecule has 0 radical (unpaired) electrons. The van der Waals surface area contributed by atoms with Gasteiger partial charge in [0.1, 0.15) is 11.9 Å². The molecule has 0 fully saturated rings. The normalized spacial score (nSPS) is 11.9. The summed E-state index contributed by atoms with van der Waals surface area (Å²) in [4.78, 5) is 16.2. The molecule has 0 aliphatic carbocycles. The Kier molecular flexibility index (Phi) is 5.51. The average Bonchev–Trinajstić information content (AvgIpc) is 2.51. The predicted molar refractivity (Wildman–Crippen MR) is 88.1 cm³/mol. The molecule has 0 aliphatic rings. The first-order valence-electron chi connectivity index (χ1n) is 7.40. The van der Waals surface area contributed by atoms with Crippen molar-refractivity contribution in [3.05, 3.63) is 48.4 Å². The van der Waals surface area contributed by atoms with E-state index in [4.69, 9.17) is 4.74 Å². The molecule has 5 nitrogen and oxygen atoms in total. The molecule has 1 atom stereocenters. The van der Waals surface area contributed by atoms with Crippen LogP contribution in [-0.2, 0) is 4.79 Å². The highest BCUT2D eigenvalue weighted by Crippen LogP contribution is 2.15. The lowest BCUT2D eigenvalue weighted by Crippen LogP contribution is -2.32. The number of carbonyl (C=O) groups is 1. The van der Waals surface area contributed by atoms with Crippen molar-refractivity contribution in [2.24, 2.45) is 0 Å². The molecular weight excluding hydrogens is 297 g/mol. The Morgan fingerprint density at radius 1 is 1.17 bits per heavy atom. The highest BCUT2D eigenvalue weighted by atomic mass is 19.1. The van der Waals surface area contributed by atoms with Crippen LogP contribution in [0.25, 0.3) is 0 Å². The van der Waals surface area contributed by atoms with Gasteiger partial charge in [0.05, 0.1) is 23.7 Å². The maximum Gasteiger partial charge on any atom is 0.246 e. The predicted octanol–water partition coefficient (Wildman–Crippen LogP) is 3.45. The van der Waals surface area contributed by atoms with Crippen LogP contribution in [0.5, 0.6) is 5.88 Å². The lowest BCUT2D eigenvalue weighted by Gasteiger charge is -2.16. The molecule has 23 heavy (non-hydrogen) atoms. The molecule has 0 bridgehead atoms. The summed E-state index contributed by atoms with van der Waals surface area (Å²) in [5.41, 5.74) is 0.835. The highest BCUT2D eigenvalue weighted by molar-refractivity contribution is 5.96. The quantitative estimate of drug-likeness (QED) is 0.856. The number of para-hydroxylation sites is 1. The number of pyridine rings is 1. The smallest absolute Gasteiger partial charge is 0.246 e. The average molecular weight is 317 g/mol. The van der Waals surface area contributed by atoms with Crippen LogP contribution in [0.15, 0.2) is 42.6 Å². The van der Waals surface area contributed by atoms with E-state index in [-0.39, 0.29) is 17.7 Å². The first-order chi connectivity index (χ1) is 11.0. The first-order valence-corrected chi connectivity index (χ1v) is 7.40. The number of ether oxygens (including phenoxy) is 1. The third-order valence-electron chi connectivity index (χ3n) is 3.00. The molecule has 1 amide bonds. The van der Waals surface area contributed by atoms with E-state index in [0.29, 0.717) is 11.6 Å². The molecule has 2 rings (SSSR count). The fourth-order valence-electron chi connectivity index (χ4n) is 1.90. The molecule has 122 valence electrons. The number of halogens is 1. The number of amides is 1. The maximum atomic E-state index is 13.5. The minimum absolute atomic E-state index is 0.0479. The van der Waals surface area contributed by atoms with Crippen molar-refractivity contribution in [1.29, 1.82) is 0 Å². The molecular formula is C17H20FN3O2. The second-order valence-electron chi connectivity index (χ2n) is 5.39. The molecule has 1 aromatic heterocycles. The number of rotatable bonds is 6. The molecule has 0 saturated heterocycles. The first kappa shape index (κ1) is 16.7. The van der Waals surface area contributed by atoms with E-state index in [2.05, 4.69) is 15.6 Å². The number of nitrogens with zero attached hydrogens (tertiary/aromatic N) is 1. The molecule has 6 heteroatoms. The molecule has 2 N–H and O–H groups in total. The number of anilines is 2. The third-order valence-corrected chi connectivity index (χ3v) is 3.00. The summed E-state index contributed by atoms with van der Waals surface area (Å²) in [5, 5.41) is 5.56. The van der Waals surface area contributed by atoms with Gasteiger partial charge in [0.25, 0.3) is 0 Å². The molecule has 0 unspecified atom stereocenters. The standard InChI is InChI=1S/C17H20FN3O2/c1-11(2)23-16-9-8-13(10-19-16)20-12(3)17(22)21-15-7-5-4-6-14(15)18/h4-12,20H,1-3H3,(H,21,22)/t12-/m0/s1. The largest absolute Gasteiger partial charge is 0.475 e. The Morgan fingerprint density at radius 3 is 2.52 bits per heavy atom. The van der Waals surface area contributed by atoms with E-state index >= 15 is 0 Å². The summed E-state index contributed by atoms with van der Waals surface area (Å²) >= 11 is 0. The van der Waals surface area contributed by atoms with E-state index < -0.39 is 11.9 Å². The van der Waals surface area contributed by atoms with Gasteiger partial charge in [0, 0.05) is 6.07 Å². The van der Waals surface area contributed by atoms with Crippen molar-refractivity contribution >= 4 is 17.3 Å². The number of carbonyl (C=O) groups excluding carboxylic acids is 1. The second kappa shape index (κ2) is 7.58. The minimum atomic E-state index is -0.548. The summed E-state index contributed by atoms with van der Waals surface area (Å²) in [6.07, 6.45) is 1.64. The lowest BCUT2D eigenvalue weighted by atomic mass is 10.2. The lowest BCUT2D eigenvalue weighted by molar-refractivity contribution is -0.116. The van der Waals surface area contributed by atoms with Crippen molar-refractivity contribution in [1.82, 2.24) is 4.98 Å². The number of aromatic nitrogens is 1. The zero-order chi connectivity index (χ0) is 16.8. The van der Waals surface area contributed by atoms with Gasteiger partial charge in [0.2, 0.25) is 11.8 Å². The van der Waals surface area contributed by atoms with Gasteiger partial charge in [-0.25, -0.2) is 9.37 Å². The Hall–Kier alpha value is -2.63. The Balaban J connectivity index is 1.94. The van der Waals surface area contributed by atoms with Gasteiger partial charge in [0.15, 0.2) is 0 Å². The van der Waals surface area contributed by atoms with Gasteiger partial charge >= 0.3 is 0 Å². The zero-order valence-electron chi connectivity index (χ0n) is 13.3. The van der Waals surface area contributed by atoms with Crippen molar-refractivity contribution in [2.45, 2.75) is 32.9 Å². The van der Waals surface area contributed by atoms with E-state index in [0.717, 1.165) is 0 Å². The Bertz CT molecular complexity index is 659. The van der Waals surface area contributed by atoms with Crippen LogP contribution in [0.3, 0.4) is 0 Å². The molecule has 2 aromatic rings. The second-order valence-corrected chi connectivity index (χ2v) is 5.39. The van der Waals surface area contributed by atoms with E-state index in [1.165, 1.54) is 12.1 Å². The third kappa shape index (κ3) is 4.95. The van der Waals surface area contributed by atoms with Crippen LogP contribution in [-0.4, -0.2) is 23.0 Å². The Labute approximate surface area is 134 Å². The summed E-state index contributed by atoms with van der Waals surface area (Å²) in [6.45, 7) is 5.53. The van der Waals surface area contributed by atoms with Gasteiger partial charge in [-0.05, 0) is 39.0 Å². The topological polar surface area (TPSA) is 63.2 Å². The van der Waals surface area contributed by atoms with Gasteiger partial charge in [-0.15, -0.1) is 0 Å². The van der Waals surface area contributed by atoms with Crippen molar-refractivity contribution in [3.8, 4) is 5.88 Å². The van der Waals surface area contributed by atoms with Crippen LogP contribution in [0.2, 0.25) is 0 Å². The zero-order valence-corrected chi connectivity index (χ0v) is 13.3. The van der Waals surface area contributed by atoms with Gasteiger partial charge in [-0.2, -0.15) is 0 Å². The summed E-state index contributed by atoms with van der Waals surface area (Å²) in [7, 11) is 0. The fraction of sp³-hybridized carbons (Fsp3) is 0.294. The van der Waals surface area contributed by atoms with E-state index in [9.17, 15) is 9.18 Å². The molecule has 0 saturated carbocycles. The SMILES string of the molecule is CC(C)Oc1ccc(N[C@@H](C)C(=O)Nc2ccccc2F)cn1. The van der Waals surface area contributed by atoms with Gasteiger partial charge in [-0.1, -0.05) is 12.1 Å². The van der Waals surface area contributed by atoms with E-state index in [1.54, 1.807) is 37.4 Å². The number of hydrogen-bond donors (Lipinski definition) is 2. The van der Waals surface area contributed by atoms with Crippen molar-refractivity contribution < 1.29 is 13.9 Å². The fourth-order valence-corrected chi connectivity index (χ4v) is 1.90. The maximum absolute atomic E-state index is 13.5.